The SMILES string of the molecule is CCOC(=O)c1cccnc1Oc1c(C)cc(C)cc1C. The maximum absolute atomic E-state index is 11.9. The first-order chi connectivity index (χ1) is 10.0. The van der Waals surface area contributed by atoms with Gasteiger partial charge in [0.2, 0.25) is 5.88 Å². The molecule has 0 aliphatic carbocycles. The highest BCUT2D eigenvalue weighted by Crippen LogP contribution is 2.30. The number of pyridine rings is 1. The maximum Gasteiger partial charge on any atom is 0.343 e. The van der Waals surface area contributed by atoms with E-state index in [1.165, 1.54) is 5.56 Å². The molecule has 4 heteroatoms. The van der Waals surface area contributed by atoms with E-state index in [2.05, 4.69) is 4.98 Å². The first kappa shape index (κ1) is 15.0. The predicted octanol–water partition coefficient (Wildman–Crippen LogP) is 3.98. The minimum Gasteiger partial charge on any atom is -0.462 e. The number of rotatable bonds is 4. The Kier molecular flexibility index (Phi) is 4.58. The van der Waals surface area contributed by atoms with Crippen molar-refractivity contribution in [2.75, 3.05) is 6.61 Å². The average molecular weight is 285 g/mol. The highest BCUT2D eigenvalue weighted by Gasteiger charge is 2.17. The molecule has 0 aliphatic heterocycles. The first-order valence-electron chi connectivity index (χ1n) is 6.90. The fourth-order valence-corrected chi connectivity index (χ4v) is 2.26. The molecule has 0 saturated heterocycles. The van der Waals surface area contributed by atoms with Crippen LogP contribution in [-0.2, 0) is 4.74 Å². The molecule has 0 radical (unpaired) electrons. The van der Waals surface area contributed by atoms with Crippen molar-refractivity contribution in [3.8, 4) is 11.6 Å². The number of esters is 1. The third kappa shape index (κ3) is 3.40. The Labute approximate surface area is 124 Å². The number of hydrogen-bond donors (Lipinski definition) is 0. The molecular weight excluding hydrogens is 266 g/mol. The second-order valence-corrected chi connectivity index (χ2v) is 4.91. The molecular formula is C17H19NO3. The van der Waals surface area contributed by atoms with E-state index in [0.29, 0.717) is 12.2 Å². The molecule has 1 aromatic carbocycles. The lowest BCUT2D eigenvalue weighted by Gasteiger charge is -2.14. The molecule has 0 unspecified atom stereocenters. The summed E-state index contributed by atoms with van der Waals surface area (Å²) in [7, 11) is 0. The Hall–Kier alpha value is -2.36. The van der Waals surface area contributed by atoms with Crippen molar-refractivity contribution in [2.45, 2.75) is 27.7 Å². The highest BCUT2D eigenvalue weighted by atomic mass is 16.5. The summed E-state index contributed by atoms with van der Waals surface area (Å²) in [4.78, 5) is 16.1. The minimum absolute atomic E-state index is 0.269. The van der Waals surface area contributed by atoms with Crippen LogP contribution in [0.2, 0.25) is 0 Å². The van der Waals surface area contributed by atoms with Crippen molar-refractivity contribution >= 4 is 5.97 Å². The first-order valence-corrected chi connectivity index (χ1v) is 6.90. The number of nitrogens with zero attached hydrogens (tertiary/aromatic N) is 1. The van der Waals surface area contributed by atoms with Crippen LogP contribution in [-0.4, -0.2) is 17.6 Å². The molecule has 0 saturated carbocycles. The van der Waals surface area contributed by atoms with Crippen LogP contribution in [0, 0.1) is 20.8 Å². The van der Waals surface area contributed by atoms with E-state index >= 15 is 0 Å². The molecule has 2 aromatic rings. The van der Waals surface area contributed by atoms with E-state index in [4.69, 9.17) is 9.47 Å². The Bertz CT molecular complexity index is 642. The van der Waals surface area contributed by atoms with E-state index in [0.717, 1.165) is 16.9 Å². The number of carbonyl (C=O) groups is 1. The van der Waals surface area contributed by atoms with Gasteiger partial charge >= 0.3 is 5.97 Å². The zero-order valence-corrected chi connectivity index (χ0v) is 12.8. The predicted molar refractivity (Wildman–Crippen MR) is 80.9 cm³/mol. The minimum atomic E-state index is -0.428. The van der Waals surface area contributed by atoms with Gasteiger partial charge in [0.05, 0.1) is 6.61 Å². The van der Waals surface area contributed by atoms with Gasteiger partial charge in [0, 0.05) is 6.20 Å². The van der Waals surface area contributed by atoms with E-state index in [-0.39, 0.29) is 5.88 Å². The van der Waals surface area contributed by atoms with E-state index in [9.17, 15) is 4.79 Å². The van der Waals surface area contributed by atoms with Crippen LogP contribution < -0.4 is 4.74 Å². The summed E-state index contributed by atoms with van der Waals surface area (Å²) in [5.41, 5.74) is 3.52. The topological polar surface area (TPSA) is 48.4 Å². The monoisotopic (exact) mass is 285 g/mol. The van der Waals surface area contributed by atoms with Gasteiger partial charge in [-0.1, -0.05) is 17.7 Å². The zero-order chi connectivity index (χ0) is 15.4. The normalized spacial score (nSPS) is 10.3. The van der Waals surface area contributed by atoms with Crippen LogP contribution in [0.4, 0.5) is 0 Å². The molecule has 0 atom stereocenters. The van der Waals surface area contributed by atoms with Crippen LogP contribution >= 0.6 is 0 Å². The number of ether oxygens (including phenoxy) is 2. The molecule has 1 heterocycles. The Morgan fingerprint density at radius 3 is 2.48 bits per heavy atom. The van der Waals surface area contributed by atoms with Gasteiger partial charge in [0.1, 0.15) is 11.3 Å². The summed E-state index contributed by atoms with van der Waals surface area (Å²) in [5.74, 6) is 0.568. The zero-order valence-electron chi connectivity index (χ0n) is 12.8. The van der Waals surface area contributed by atoms with Crippen LogP contribution in [0.3, 0.4) is 0 Å². The maximum atomic E-state index is 11.9. The van der Waals surface area contributed by atoms with Gasteiger partial charge in [-0.3, -0.25) is 0 Å². The molecule has 0 amide bonds. The van der Waals surface area contributed by atoms with Crippen molar-refractivity contribution in [3.63, 3.8) is 0 Å². The van der Waals surface area contributed by atoms with Crippen molar-refractivity contribution in [1.29, 1.82) is 0 Å². The lowest BCUT2D eigenvalue weighted by atomic mass is 10.1. The second-order valence-electron chi connectivity index (χ2n) is 4.91. The van der Waals surface area contributed by atoms with Crippen LogP contribution in [0.25, 0.3) is 0 Å². The quantitative estimate of drug-likeness (QED) is 0.797. The summed E-state index contributed by atoms with van der Waals surface area (Å²) in [5, 5.41) is 0. The van der Waals surface area contributed by atoms with Crippen LogP contribution in [0.1, 0.15) is 34.0 Å². The summed E-state index contributed by atoms with van der Waals surface area (Å²) < 4.78 is 10.9. The largest absolute Gasteiger partial charge is 0.462 e. The summed E-state index contributed by atoms with van der Waals surface area (Å²) in [6.45, 7) is 8.07. The van der Waals surface area contributed by atoms with Crippen molar-refractivity contribution in [3.05, 3.63) is 52.7 Å². The lowest BCUT2D eigenvalue weighted by molar-refractivity contribution is 0.0522. The molecule has 110 valence electrons. The van der Waals surface area contributed by atoms with Crippen molar-refractivity contribution in [1.82, 2.24) is 4.98 Å². The number of aryl methyl sites for hydroxylation is 3. The Morgan fingerprint density at radius 2 is 1.86 bits per heavy atom. The van der Waals surface area contributed by atoms with Gasteiger partial charge in [-0.25, -0.2) is 9.78 Å². The number of aromatic nitrogens is 1. The van der Waals surface area contributed by atoms with Gasteiger partial charge in [-0.2, -0.15) is 0 Å². The van der Waals surface area contributed by atoms with Crippen LogP contribution in [0.15, 0.2) is 30.5 Å². The number of benzene rings is 1. The molecule has 0 N–H and O–H groups in total. The van der Waals surface area contributed by atoms with Crippen LogP contribution in [0.5, 0.6) is 11.6 Å². The highest BCUT2D eigenvalue weighted by molar-refractivity contribution is 5.91. The Morgan fingerprint density at radius 1 is 1.19 bits per heavy atom. The molecule has 0 fully saturated rings. The molecule has 2 rings (SSSR count). The molecule has 0 bridgehead atoms. The van der Waals surface area contributed by atoms with E-state index < -0.39 is 5.97 Å². The van der Waals surface area contributed by atoms with Gasteiger partial charge in [-0.05, 0) is 51.0 Å². The average Bonchev–Trinajstić information content (AvgIpc) is 2.43. The molecule has 1 aromatic heterocycles. The standard InChI is InChI=1S/C17H19NO3/c1-5-20-17(19)14-7-6-8-18-16(14)21-15-12(3)9-11(2)10-13(15)4/h6-10H,5H2,1-4H3. The lowest BCUT2D eigenvalue weighted by Crippen LogP contribution is -2.08. The third-order valence-corrected chi connectivity index (χ3v) is 3.07. The number of hydrogen-bond acceptors (Lipinski definition) is 4. The van der Waals surface area contributed by atoms with Gasteiger partial charge in [0.25, 0.3) is 0 Å². The summed E-state index contributed by atoms with van der Waals surface area (Å²) >= 11 is 0. The number of carbonyl (C=O) groups excluding carboxylic acids is 1. The van der Waals surface area contributed by atoms with Gasteiger partial charge < -0.3 is 9.47 Å². The summed E-state index contributed by atoms with van der Waals surface area (Å²) in [6, 6.07) is 7.41. The molecule has 4 nitrogen and oxygen atoms in total. The van der Waals surface area contributed by atoms with Crippen molar-refractivity contribution < 1.29 is 14.3 Å². The molecule has 0 spiro atoms. The fourth-order valence-electron chi connectivity index (χ4n) is 2.26. The molecule has 21 heavy (non-hydrogen) atoms. The van der Waals surface area contributed by atoms with E-state index in [1.807, 2.05) is 32.9 Å². The van der Waals surface area contributed by atoms with Gasteiger partial charge in [-0.15, -0.1) is 0 Å². The Balaban J connectivity index is 2.39. The van der Waals surface area contributed by atoms with Gasteiger partial charge in [0.15, 0.2) is 0 Å². The fraction of sp³-hybridized carbons (Fsp3) is 0.294. The second kappa shape index (κ2) is 6.39. The smallest absolute Gasteiger partial charge is 0.343 e. The molecule has 0 aliphatic rings. The summed E-state index contributed by atoms with van der Waals surface area (Å²) in [6.07, 6.45) is 1.59. The van der Waals surface area contributed by atoms with E-state index in [1.54, 1.807) is 25.3 Å². The third-order valence-electron chi connectivity index (χ3n) is 3.07. The van der Waals surface area contributed by atoms with Crippen molar-refractivity contribution in [2.24, 2.45) is 0 Å².